The lowest BCUT2D eigenvalue weighted by atomic mass is 10.0. The van der Waals surface area contributed by atoms with Crippen LogP contribution in [0.5, 0.6) is 0 Å². The zero-order chi connectivity index (χ0) is 27.9. The second kappa shape index (κ2) is 13.5. The van der Waals surface area contributed by atoms with Crippen LogP contribution in [-0.4, -0.2) is 50.5 Å². The van der Waals surface area contributed by atoms with Crippen molar-refractivity contribution in [2.75, 3.05) is 23.7 Å². The van der Waals surface area contributed by atoms with Crippen molar-refractivity contribution in [1.29, 1.82) is 0 Å². The quantitative estimate of drug-likeness (QED) is 0.308. The Bertz CT molecular complexity index is 1370. The topological polar surface area (TPSA) is 86.8 Å². The van der Waals surface area contributed by atoms with E-state index in [9.17, 15) is 18.0 Å². The molecule has 0 aliphatic heterocycles. The smallest absolute Gasteiger partial charge is 0.244 e. The van der Waals surface area contributed by atoms with E-state index in [-0.39, 0.29) is 18.9 Å². The molecule has 0 bridgehead atoms. The van der Waals surface area contributed by atoms with E-state index in [2.05, 4.69) is 21.2 Å². The normalized spacial score (nSPS) is 12.0. The van der Waals surface area contributed by atoms with Crippen LogP contribution < -0.4 is 9.62 Å². The molecule has 2 amide bonds. The Labute approximate surface area is 241 Å². The Morgan fingerprint density at radius 1 is 1.00 bits per heavy atom. The highest BCUT2D eigenvalue weighted by molar-refractivity contribution is 9.10. The van der Waals surface area contributed by atoms with Gasteiger partial charge in [0.1, 0.15) is 12.6 Å². The number of carbonyl (C=O) groups is 2. The van der Waals surface area contributed by atoms with Gasteiger partial charge in [-0.1, -0.05) is 75.5 Å². The van der Waals surface area contributed by atoms with Gasteiger partial charge in [0, 0.05) is 34.0 Å². The lowest BCUT2D eigenvalue weighted by molar-refractivity contribution is -0.140. The molecule has 0 radical (unpaired) electrons. The van der Waals surface area contributed by atoms with Gasteiger partial charge in [-0.3, -0.25) is 13.9 Å². The highest BCUT2D eigenvalue weighted by Crippen LogP contribution is 2.26. The molecule has 11 heteroatoms. The number of rotatable bonds is 11. The first kappa shape index (κ1) is 30.0. The molecule has 0 aliphatic rings. The third-order valence-corrected chi connectivity index (χ3v) is 8.03. The molecule has 7 nitrogen and oxygen atoms in total. The molecular formula is C27H28BrCl2N3O4S. The predicted molar refractivity (Wildman–Crippen MR) is 156 cm³/mol. The molecule has 0 unspecified atom stereocenters. The summed E-state index contributed by atoms with van der Waals surface area (Å²) in [5.74, 6) is -0.916. The molecule has 202 valence electrons. The van der Waals surface area contributed by atoms with Gasteiger partial charge in [-0.2, -0.15) is 0 Å². The van der Waals surface area contributed by atoms with Crippen LogP contribution in [-0.2, 0) is 32.6 Å². The summed E-state index contributed by atoms with van der Waals surface area (Å²) < 4.78 is 27.3. The Morgan fingerprint density at radius 2 is 1.66 bits per heavy atom. The molecule has 1 N–H and O–H groups in total. The molecule has 1 atom stereocenters. The molecule has 0 saturated carbocycles. The van der Waals surface area contributed by atoms with Gasteiger partial charge in [0.25, 0.3) is 0 Å². The van der Waals surface area contributed by atoms with Crippen LogP contribution in [0, 0.1) is 0 Å². The molecular weight excluding hydrogens is 613 g/mol. The second-order valence-electron chi connectivity index (χ2n) is 8.60. The van der Waals surface area contributed by atoms with Crippen LogP contribution in [0.1, 0.15) is 18.1 Å². The van der Waals surface area contributed by atoms with E-state index in [1.54, 1.807) is 49.4 Å². The summed E-state index contributed by atoms with van der Waals surface area (Å²) >= 11 is 15.8. The number of hydrogen-bond acceptors (Lipinski definition) is 4. The number of halogens is 3. The number of carbonyl (C=O) groups excluding carboxylic acids is 2. The van der Waals surface area contributed by atoms with Gasteiger partial charge in [0.15, 0.2) is 0 Å². The lowest BCUT2D eigenvalue weighted by Crippen LogP contribution is -2.53. The number of amides is 2. The van der Waals surface area contributed by atoms with Crippen LogP contribution >= 0.6 is 39.1 Å². The summed E-state index contributed by atoms with van der Waals surface area (Å²) in [5.41, 5.74) is 1.74. The third kappa shape index (κ3) is 8.20. The predicted octanol–water partition coefficient (Wildman–Crippen LogP) is 5.30. The minimum absolute atomic E-state index is 0.0264. The summed E-state index contributed by atoms with van der Waals surface area (Å²) in [7, 11) is -3.83. The molecule has 0 heterocycles. The Hall–Kier alpha value is -2.59. The van der Waals surface area contributed by atoms with Crippen molar-refractivity contribution in [3.63, 3.8) is 0 Å². The number of anilines is 1. The largest absolute Gasteiger partial charge is 0.355 e. The SMILES string of the molecule is CCNC(=O)[C@@H](Cc1ccccc1)N(Cc1ccc(Cl)cc1Cl)C(=O)CN(c1ccc(Br)cc1)S(C)(=O)=O. The average molecular weight is 641 g/mol. The molecule has 0 saturated heterocycles. The fraction of sp³-hybridized carbons (Fsp3) is 0.259. The number of hydrogen-bond donors (Lipinski definition) is 1. The third-order valence-electron chi connectivity index (χ3n) is 5.77. The van der Waals surface area contributed by atoms with Crippen molar-refractivity contribution in [3.8, 4) is 0 Å². The zero-order valence-electron chi connectivity index (χ0n) is 20.9. The van der Waals surface area contributed by atoms with E-state index in [4.69, 9.17) is 23.2 Å². The summed E-state index contributed by atoms with van der Waals surface area (Å²) in [6.07, 6.45) is 1.26. The average Bonchev–Trinajstić information content (AvgIpc) is 2.86. The van der Waals surface area contributed by atoms with E-state index >= 15 is 0 Å². The van der Waals surface area contributed by atoms with Crippen molar-refractivity contribution >= 4 is 66.7 Å². The number of sulfonamides is 1. The summed E-state index contributed by atoms with van der Waals surface area (Å²) in [4.78, 5) is 28.6. The van der Waals surface area contributed by atoms with Crippen molar-refractivity contribution in [1.82, 2.24) is 10.2 Å². The molecule has 3 rings (SSSR count). The van der Waals surface area contributed by atoms with Gasteiger partial charge in [-0.25, -0.2) is 8.42 Å². The number of benzene rings is 3. The first-order valence-corrected chi connectivity index (χ1v) is 15.2. The molecule has 38 heavy (non-hydrogen) atoms. The van der Waals surface area contributed by atoms with Crippen LogP contribution in [0.2, 0.25) is 10.0 Å². The standard InChI is InChI=1S/C27H28BrCl2N3O4S/c1-3-31-27(35)25(15-19-7-5-4-6-8-19)32(17-20-9-12-22(29)16-24(20)30)26(34)18-33(38(2,36)37)23-13-10-21(28)11-14-23/h4-14,16,25H,3,15,17-18H2,1-2H3,(H,31,35)/t25-/m1/s1. The van der Waals surface area contributed by atoms with Crippen LogP contribution in [0.3, 0.4) is 0 Å². The van der Waals surface area contributed by atoms with Gasteiger partial charge < -0.3 is 10.2 Å². The van der Waals surface area contributed by atoms with Gasteiger partial charge in [-0.05, 0) is 54.4 Å². The van der Waals surface area contributed by atoms with E-state index in [1.807, 2.05) is 30.3 Å². The molecule has 0 aliphatic carbocycles. The molecule has 3 aromatic carbocycles. The minimum Gasteiger partial charge on any atom is -0.355 e. The number of nitrogens with one attached hydrogen (secondary N) is 1. The molecule has 0 spiro atoms. The Balaban J connectivity index is 2.06. The summed E-state index contributed by atoms with van der Waals surface area (Å²) in [6.45, 7) is 1.62. The minimum atomic E-state index is -3.83. The highest BCUT2D eigenvalue weighted by atomic mass is 79.9. The maximum absolute atomic E-state index is 13.9. The zero-order valence-corrected chi connectivity index (χ0v) is 24.8. The van der Waals surface area contributed by atoms with Crippen LogP contribution in [0.4, 0.5) is 5.69 Å². The number of nitrogens with zero attached hydrogens (tertiary/aromatic N) is 2. The van der Waals surface area contributed by atoms with Gasteiger partial charge in [0.2, 0.25) is 21.8 Å². The fourth-order valence-corrected chi connectivity index (χ4v) is 5.48. The lowest BCUT2D eigenvalue weighted by Gasteiger charge is -2.33. The van der Waals surface area contributed by atoms with E-state index < -0.39 is 28.5 Å². The summed E-state index contributed by atoms with van der Waals surface area (Å²) in [5, 5.41) is 3.57. The summed E-state index contributed by atoms with van der Waals surface area (Å²) in [6, 6.07) is 19.9. The monoisotopic (exact) mass is 639 g/mol. The maximum atomic E-state index is 13.9. The first-order valence-electron chi connectivity index (χ1n) is 11.8. The van der Waals surface area contributed by atoms with Crippen LogP contribution in [0.15, 0.2) is 77.3 Å². The molecule has 3 aromatic rings. The molecule has 0 aromatic heterocycles. The van der Waals surface area contributed by atoms with E-state index in [1.165, 1.54) is 4.90 Å². The number of likely N-dealkylation sites (N-methyl/N-ethyl adjacent to an activating group) is 1. The molecule has 0 fully saturated rings. The first-order chi connectivity index (χ1) is 18.0. The van der Waals surface area contributed by atoms with Crippen molar-refractivity contribution in [3.05, 3.63) is 98.4 Å². The second-order valence-corrected chi connectivity index (χ2v) is 12.3. The van der Waals surface area contributed by atoms with Gasteiger partial charge in [-0.15, -0.1) is 0 Å². The van der Waals surface area contributed by atoms with Crippen molar-refractivity contribution in [2.45, 2.75) is 25.9 Å². The van der Waals surface area contributed by atoms with E-state index in [0.717, 1.165) is 20.6 Å². The van der Waals surface area contributed by atoms with Crippen LogP contribution in [0.25, 0.3) is 0 Å². The maximum Gasteiger partial charge on any atom is 0.244 e. The van der Waals surface area contributed by atoms with Crippen molar-refractivity contribution in [2.24, 2.45) is 0 Å². The van der Waals surface area contributed by atoms with Gasteiger partial charge in [0.05, 0.1) is 11.9 Å². The van der Waals surface area contributed by atoms with E-state index in [0.29, 0.717) is 27.8 Å². The Kier molecular flexibility index (Phi) is 10.6. The Morgan fingerprint density at radius 3 is 2.24 bits per heavy atom. The van der Waals surface area contributed by atoms with Crippen molar-refractivity contribution < 1.29 is 18.0 Å². The highest BCUT2D eigenvalue weighted by Gasteiger charge is 2.33. The van der Waals surface area contributed by atoms with Gasteiger partial charge >= 0.3 is 0 Å². The fourth-order valence-electron chi connectivity index (χ4n) is 3.90.